The zero-order valence-electron chi connectivity index (χ0n) is 10.1. The van der Waals surface area contributed by atoms with Crippen LogP contribution in [0, 0.1) is 0 Å². The summed E-state index contributed by atoms with van der Waals surface area (Å²) in [5.41, 5.74) is 1.22. The maximum absolute atomic E-state index is 12.0. The van der Waals surface area contributed by atoms with E-state index in [0.717, 1.165) is 19.5 Å². The molecule has 94 valence electrons. The summed E-state index contributed by atoms with van der Waals surface area (Å²) in [5.74, 6) is 0.111. The monoisotopic (exact) mass is 237 g/mol. The van der Waals surface area contributed by atoms with E-state index < -0.39 is 0 Å². The van der Waals surface area contributed by atoms with Crippen LogP contribution in [0.4, 0.5) is 0 Å². The number of H-pyrrole nitrogens is 1. The fourth-order valence-corrected chi connectivity index (χ4v) is 1.91. The van der Waals surface area contributed by atoms with Gasteiger partial charge in [0.1, 0.15) is 6.04 Å². The van der Waals surface area contributed by atoms with Crippen LogP contribution < -0.4 is 5.32 Å². The van der Waals surface area contributed by atoms with Crippen LogP contribution in [0.1, 0.15) is 5.56 Å². The highest BCUT2D eigenvalue weighted by Gasteiger charge is 2.23. The molecule has 0 spiro atoms. The highest BCUT2D eigenvalue weighted by atomic mass is 16.5. The Labute approximate surface area is 101 Å². The molecule has 0 saturated carbocycles. The summed E-state index contributed by atoms with van der Waals surface area (Å²) in [4.78, 5) is 16.8. The maximum atomic E-state index is 12.0. The van der Waals surface area contributed by atoms with Crippen LogP contribution in [0.15, 0.2) is 18.5 Å². The van der Waals surface area contributed by atoms with E-state index in [1.807, 2.05) is 25.5 Å². The molecule has 2 N–H and O–H groups in total. The maximum Gasteiger partial charge on any atom is 0.241 e. The quantitative estimate of drug-likeness (QED) is 0.775. The minimum absolute atomic E-state index is 0.111. The normalized spacial score (nSPS) is 20.2. The van der Waals surface area contributed by atoms with E-state index in [9.17, 15) is 4.79 Å². The van der Waals surface area contributed by atoms with Crippen LogP contribution in [0.25, 0.3) is 0 Å². The fourth-order valence-electron chi connectivity index (χ4n) is 1.91. The molecule has 0 aliphatic carbocycles. The summed E-state index contributed by atoms with van der Waals surface area (Å²) < 4.78 is 5.29. The SMILES string of the molecule is CN(CCc1cc[nH]c1)C(=O)C1COCCN1. The molecule has 1 unspecified atom stereocenters. The summed E-state index contributed by atoms with van der Waals surface area (Å²) in [5, 5.41) is 3.17. The molecule has 2 heterocycles. The summed E-state index contributed by atoms with van der Waals surface area (Å²) in [7, 11) is 1.84. The Morgan fingerprint density at radius 3 is 3.18 bits per heavy atom. The van der Waals surface area contributed by atoms with Crippen LogP contribution >= 0.6 is 0 Å². The number of carbonyl (C=O) groups is 1. The van der Waals surface area contributed by atoms with Gasteiger partial charge >= 0.3 is 0 Å². The van der Waals surface area contributed by atoms with Crippen molar-refractivity contribution >= 4 is 5.91 Å². The first-order valence-electron chi connectivity index (χ1n) is 5.95. The molecule has 0 bridgehead atoms. The predicted octanol–water partition coefficient (Wildman–Crippen LogP) is 0.00400. The lowest BCUT2D eigenvalue weighted by Crippen LogP contribution is -2.51. The average molecular weight is 237 g/mol. The summed E-state index contributed by atoms with van der Waals surface area (Å²) >= 11 is 0. The number of aromatic nitrogens is 1. The van der Waals surface area contributed by atoms with E-state index in [2.05, 4.69) is 10.3 Å². The van der Waals surface area contributed by atoms with Crippen molar-refractivity contribution < 1.29 is 9.53 Å². The number of rotatable bonds is 4. The lowest BCUT2D eigenvalue weighted by atomic mass is 10.2. The third kappa shape index (κ3) is 3.31. The number of aromatic amines is 1. The standard InChI is InChI=1S/C12H19N3O2/c1-15(6-3-10-2-4-13-8-10)12(16)11-9-17-7-5-14-11/h2,4,8,11,13-14H,3,5-7,9H2,1H3. The van der Waals surface area contributed by atoms with Gasteiger partial charge in [0, 0.05) is 32.5 Å². The molecule has 1 amide bonds. The van der Waals surface area contributed by atoms with Gasteiger partial charge in [-0.25, -0.2) is 0 Å². The Bertz CT molecular complexity index is 345. The highest BCUT2D eigenvalue weighted by Crippen LogP contribution is 2.02. The second-order valence-electron chi connectivity index (χ2n) is 4.31. The lowest BCUT2D eigenvalue weighted by molar-refractivity contribution is -0.135. The van der Waals surface area contributed by atoms with Crippen molar-refractivity contribution in [3.05, 3.63) is 24.0 Å². The molecule has 5 nitrogen and oxygen atoms in total. The first kappa shape index (κ1) is 12.1. The molecular weight excluding hydrogens is 218 g/mol. The van der Waals surface area contributed by atoms with Gasteiger partial charge in [0.05, 0.1) is 13.2 Å². The van der Waals surface area contributed by atoms with E-state index in [1.54, 1.807) is 4.90 Å². The fraction of sp³-hybridized carbons (Fsp3) is 0.583. The van der Waals surface area contributed by atoms with Gasteiger partial charge in [-0.1, -0.05) is 0 Å². The second-order valence-corrected chi connectivity index (χ2v) is 4.31. The van der Waals surface area contributed by atoms with Crippen LogP contribution in [0.5, 0.6) is 0 Å². The third-order valence-corrected chi connectivity index (χ3v) is 2.99. The molecule has 1 aromatic heterocycles. The zero-order chi connectivity index (χ0) is 12.1. The molecule has 17 heavy (non-hydrogen) atoms. The summed E-state index contributed by atoms with van der Waals surface area (Å²) in [6.07, 6.45) is 4.73. The predicted molar refractivity (Wildman–Crippen MR) is 64.7 cm³/mol. The molecule has 0 aromatic carbocycles. The van der Waals surface area contributed by atoms with Crippen LogP contribution in [0.2, 0.25) is 0 Å². The summed E-state index contributed by atoms with van der Waals surface area (Å²) in [6, 6.07) is 1.85. The van der Waals surface area contributed by atoms with Crippen molar-refractivity contribution in [3.8, 4) is 0 Å². The number of carbonyl (C=O) groups excluding carboxylic acids is 1. The van der Waals surface area contributed by atoms with Gasteiger partial charge in [0.15, 0.2) is 0 Å². The van der Waals surface area contributed by atoms with Gasteiger partial charge in [-0.15, -0.1) is 0 Å². The number of likely N-dealkylation sites (N-methyl/N-ethyl adjacent to an activating group) is 1. The number of ether oxygens (including phenoxy) is 1. The van der Waals surface area contributed by atoms with Crippen molar-refractivity contribution in [1.82, 2.24) is 15.2 Å². The third-order valence-electron chi connectivity index (χ3n) is 2.99. The molecular formula is C12H19N3O2. The number of nitrogens with zero attached hydrogens (tertiary/aromatic N) is 1. The number of hydrogen-bond donors (Lipinski definition) is 2. The average Bonchev–Trinajstić information content (AvgIpc) is 2.89. The lowest BCUT2D eigenvalue weighted by Gasteiger charge is -2.27. The van der Waals surface area contributed by atoms with Gasteiger partial charge in [-0.2, -0.15) is 0 Å². The summed E-state index contributed by atoms with van der Waals surface area (Å²) in [6.45, 7) is 2.65. The molecule has 1 aliphatic rings. The molecule has 1 fully saturated rings. The molecule has 1 aromatic rings. The number of morpholine rings is 1. The zero-order valence-corrected chi connectivity index (χ0v) is 10.1. The smallest absolute Gasteiger partial charge is 0.241 e. The second kappa shape index (κ2) is 5.84. The van der Waals surface area contributed by atoms with E-state index in [-0.39, 0.29) is 11.9 Å². The van der Waals surface area contributed by atoms with Crippen LogP contribution in [-0.2, 0) is 16.0 Å². The molecule has 1 atom stereocenters. The number of amides is 1. The Kier molecular flexibility index (Phi) is 4.17. The van der Waals surface area contributed by atoms with Crippen LogP contribution in [-0.4, -0.2) is 55.2 Å². The van der Waals surface area contributed by atoms with Gasteiger partial charge in [-0.05, 0) is 18.1 Å². The Morgan fingerprint density at radius 1 is 1.65 bits per heavy atom. The van der Waals surface area contributed by atoms with Gasteiger partial charge in [0.2, 0.25) is 5.91 Å². The molecule has 0 radical (unpaired) electrons. The topological polar surface area (TPSA) is 57.4 Å². The van der Waals surface area contributed by atoms with Crippen molar-refractivity contribution in [2.75, 3.05) is 33.4 Å². The van der Waals surface area contributed by atoms with Crippen molar-refractivity contribution in [2.45, 2.75) is 12.5 Å². The van der Waals surface area contributed by atoms with Crippen molar-refractivity contribution in [1.29, 1.82) is 0 Å². The number of nitrogens with one attached hydrogen (secondary N) is 2. The van der Waals surface area contributed by atoms with E-state index in [4.69, 9.17) is 4.74 Å². The minimum atomic E-state index is -0.181. The Balaban J connectivity index is 1.78. The Morgan fingerprint density at radius 2 is 2.53 bits per heavy atom. The first-order chi connectivity index (χ1) is 8.27. The van der Waals surface area contributed by atoms with Gasteiger partial charge < -0.3 is 19.9 Å². The van der Waals surface area contributed by atoms with Crippen molar-refractivity contribution in [3.63, 3.8) is 0 Å². The molecule has 1 saturated heterocycles. The minimum Gasteiger partial charge on any atom is -0.378 e. The number of hydrogen-bond acceptors (Lipinski definition) is 3. The van der Waals surface area contributed by atoms with Crippen LogP contribution in [0.3, 0.4) is 0 Å². The first-order valence-corrected chi connectivity index (χ1v) is 5.95. The highest BCUT2D eigenvalue weighted by molar-refractivity contribution is 5.81. The Hall–Kier alpha value is -1.33. The molecule has 1 aliphatic heterocycles. The molecule has 5 heteroatoms. The molecule has 2 rings (SSSR count). The van der Waals surface area contributed by atoms with E-state index in [0.29, 0.717) is 13.2 Å². The van der Waals surface area contributed by atoms with Gasteiger partial charge in [0.25, 0.3) is 0 Å². The van der Waals surface area contributed by atoms with E-state index in [1.165, 1.54) is 5.56 Å². The van der Waals surface area contributed by atoms with Gasteiger partial charge in [-0.3, -0.25) is 4.79 Å². The van der Waals surface area contributed by atoms with Crippen molar-refractivity contribution in [2.24, 2.45) is 0 Å². The van der Waals surface area contributed by atoms with E-state index >= 15 is 0 Å². The largest absolute Gasteiger partial charge is 0.378 e.